The Kier molecular flexibility index (Phi) is 5.54. The smallest absolute Gasteiger partial charge is 0.298 e. The molecule has 2 aromatic carbocycles. The van der Waals surface area contributed by atoms with Gasteiger partial charge < -0.3 is 5.11 Å². The van der Waals surface area contributed by atoms with Gasteiger partial charge in [0.15, 0.2) is 0 Å². The number of halogens is 4. The Labute approximate surface area is 182 Å². The number of alkyl halides is 2. The van der Waals surface area contributed by atoms with E-state index in [0.29, 0.717) is 5.56 Å². The third kappa shape index (κ3) is 3.42. The normalized spacial score (nSPS) is 25.1. The molecule has 2 aliphatic rings. The predicted molar refractivity (Wildman–Crippen MR) is 105 cm³/mol. The third-order valence-electron chi connectivity index (χ3n) is 5.99. The highest BCUT2D eigenvalue weighted by atomic mass is 35.5. The maximum atomic E-state index is 14.6. The zero-order chi connectivity index (χ0) is 22.7. The van der Waals surface area contributed by atoms with E-state index in [-0.39, 0.29) is 52.1 Å². The van der Waals surface area contributed by atoms with E-state index in [1.807, 2.05) is 6.07 Å². The van der Waals surface area contributed by atoms with Crippen molar-refractivity contribution in [2.45, 2.75) is 48.5 Å². The van der Waals surface area contributed by atoms with E-state index in [1.54, 1.807) is 0 Å². The van der Waals surface area contributed by atoms with Crippen LogP contribution in [0.1, 0.15) is 64.4 Å². The summed E-state index contributed by atoms with van der Waals surface area (Å²) in [7, 11) is -3.44. The van der Waals surface area contributed by atoms with Gasteiger partial charge in [0.2, 0.25) is 0 Å². The van der Waals surface area contributed by atoms with Crippen LogP contribution in [0.4, 0.5) is 13.2 Å². The number of nitrogens with zero attached hydrogens (tertiary/aromatic N) is 1. The molecule has 0 heterocycles. The van der Waals surface area contributed by atoms with Crippen LogP contribution < -0.4 is 0 Å². The average Bonchev–Trinajstić information content (AvgIpc) is 3.02. The molecule has 0 saturated heterocycles. The van der Waals surface area contributed by atoms with Crippen molar-refractivity contribution in [2.75, 3.05) is 7.11 Å². The minimum Gasteiger partial charge on any atom is -0.385 e. The first kappa shape index (κ1) is 22.1. The number of benzene rings is 2. The highest BCUT2D eigenvalue weighted by Gasteiger charge is 2.42. The maximum Gasteiger partial charge on any atom is 0.298 e. The number of aliphatic hydroxyl groups excluding tert-OH is 1. The SMILES string of the molecule is COS(=O)(=O)c1c(Cl)cc([C@H]2CC[C@H](F)c3cc(F)cc(C#N)c32)c2c1[C@H](O)[C@H](F)C2. The van der Waals surface area contributed by atoms with Crippen LogP contribution in [0.25, 0.3) is 0 Å². The summed E-state index contributed by atoms with van der Waals surface area (Å²) in [5, 5.41) is 19.6. The summed E-state index contributed by atoms with van der Waals surface area (Å²) in [5.41, 5.74) is 0.645. The minimum absolute atomic E-state index is 0.0259. The molecule has 0 spiro atoms. The van der Waals surface area contributed by atoms with Crippen molar-refractivity contribution < 1.29 is 30.9 Å². The molecule has 0 aromatic heterocycles. The molecule has 4 atom stereocenters. The fraction of sp³-hybridized carbons (Fsp3) is 0.381. The Bertz CT molecular complexity index is 1230. The van der Waals surface area contributed by atoms with Crippen molar-refractivity contribution in [2.24, 2.45) is 0 Å². The molecule has 4 rings (SSSR count). The lowest BCUT2D eigenvalue weighted by atomic mass is 9.74. The molecule has 10 heteroatoms. The minimum atomic E-state index is -4.37. The van der Waals surface area contributed by atoms with Gasteiger partial charge in [-0.05, 0) is 53.3 Å². The van der Waals surface area contributed by atoms with Crippen LogP contribution in [0.2, 0.25) is 5.02 Å². The first-order valence-electron chi connectivity index (χ1n) is 9.46. The van der Waals surface area contributed by atoms with Gasteiger partial charge in [0.25, 0.3) is 10.1 Å². The molecule has 0 unspecified atom stereocenters. The lowest BCUT2D eigenvalue weighted by Crippen LogP contribution is -2.18. The highest BCUT2D eigenvalue weighted by Crippen LogP contribution is 2.50. The Hall–Kier alpha value is -2.12. The highest BCUT2D eigenvalue weighted by molar-refractivity contribution is 7.87. The summed E-state index contributed by atoms with van der Waals surface area (Å²) in [6, 6.07) is 5.25. The summed E-state index contributed by atoms with van der Waals surface area (Å²) in [4.78, 5) is -0.512. The molecule has 31 heavy (non-hydrogen) atoms. The second kappa shape index (κ2) is 7.78. The van der Waals surface area contributed by atoms with Crippen molar-refractivity contribution in [3.05, 3.63) is 62.4 Å². The number of hydrogen-bond donors (Lipinski definition) is 1. The first-order chi connectivity index (χ1) is 14.6. The number of hydrogen-bond acceptors (Lipinski definition) is 5. The second-order valence-electron chi connectivity index (χ2n) is 7.62. The van der Waals surface area contributed by atoms with Crippen molar-refractivity contribution in [1.29, 1.82) is 5.26 Å². The monoisotopic (exact) mass is 471 g/mol. The molecule has 0 amide bonds. The Morgan fingerprint density at radius 2 is 1.90 bits per heavy atom. The van der Waals surface area contributed by atoms with Gasteiger partial charge in [0.05, 0.1) is 23.8 Å². The maximum absolute atomic E-state index is 14.6. The number of aliphatic hydroxyl groups is 1. The number of rotatable bonds is 3. The topological polar surface area (TPSA) is 87.4 Å². The van der Waals surface area contributed by atoms with E-state index in [9.17, 15) is 32.0 Å². The van der Waals surface area contributed by atoms with E-state index < -0.39 is 45.2 Å². The van der Waals surface area contributed by atoms with E-state index in [2.05, 4.69) is 4.18 Å². The fourth-order valence-corrected chi connectivity index (χ4v) is 6.17. The molecule has 0 aliphatic heterocycles. The van der Waals surface area contributed by atoms with Crippen LogP contribution in [-0.4, -0.2) is 26.8 Å². The summed E-state index contributed by atoms with van der Waals surface area (Å²) < 4.78 is 72.5. The predicted octanol–water partition coefficient (Wildman–Crippen LogP) is 4.55. The van der Waals surface area contributed by atoms with Crippen LogP contribution in [0.15, 0.2) is 23.1 Å². The van der Waals surface area contributed by atoms with E-state index >= 15 is 0 Å². The Morgan fingerprint density at radius 3 is 2.55 bits per heavy atom. The van der Waals surface area contributed by atoms with Gasteiger partial charge in [-0.2, -0.15) is 13.7 Å². The first-order valence-corrected chi connectivity index (χ1v) is 11.2. The molecule has 164 valence electrons. The second-order valence-corrected chi connectivity index (χ2v) is 9.68. The van der Waals surface area contributed by atoms with Crippen molar-refractivity contribution in [1.82, 2.24) is 0 Å². The largest absolute Gasteiger partial charge is 0.385 e. The van der Waals surface area contributed by atoms with Gasteiger partial charge in [0.1, 0.15) is 29.2 Å². The molecule has 0 bridgehead atoms. The average molecular weight is 472 g/mol. The van der Waals surface area contributed by atoms with Gasteiger partial charge in [-0.1, -0.05) is 11.6 Å². The van der Waals surface area contributed by atoms with E-state index in [1.165, 1.54) is 6.07 Å². The standard InChI is InChI=1S/C21H17ClF3NO4S/c1-30-31(28,29)21-15(22)6-12(13-7-17(25)20(27)19(13)21)11-2-3-16(24)14-5-10(23)4-9(8-26)18(11)14/h4-6,11,16-17,20,27H,2-3,7H2,1H3/t11-,16+,17-,20-/m1/s1. The van der Waals surface area contributed by atoms with E-state index in [0.717, 1.165) is 19.2 Å². The van der Waals surface area contributed by atoms with Crippen LogP contribution >= 0.6 is 11.6 Å². The van der Waals surface area contributed by atoms with Gasteiger partial charge in [-0.15, -0.1) is 0 Å². The van der Waals surface area contributed by atoms with Gasteiger partial charge >= 0.3 is 0 Å². The fourth-order valence-electron chi connectivity index (χ4n) is 4.69. The summed E-state index contributed by atoms with van der Waals surface area (Å²) in [6.07, 6.45) is -5.06. The van der Waals surface area contributed by atoms with Gasteiger partial charge in [0, 0.05) is 17.9 Å². The van der Waals surface area contributed by atoms with Crippen LogP contribution in [0.3, 0.4) is 0 Å². The molecule has 2 aromatic rings. The van der Waals surface area contributed by atoms with Crippen LogP contribution in [0, 0.1) is 17.1 Å². The third-order valence-corrected chi connectivity index (χ3v) is 7.78. The molecule has 5 nitrogen and oxygen atoms in total. The Morgan fingerprint density at radius 1 is 1.19 bits per heavy atom. The number of nitriles is 1. The molecule has 0 saturated carbocycles. The van der Waals surface area contributed by atoms with Crippen molar-refractivity contribution >= 4 is 21.7 Å². The number of fused-ring (bicyclic) bond motifs is 2. The zero-order valence-corrected chi connectivity index (χ0v) is 17.8. The summed E-state index contributed by atoms with van der Waals surface area (Å²) >= 11 is 6.27. The molecular formula is C21H17ClF3NO4S. The van der Waals surface area contributed by atoms with Crippen molar-refractivity contribution in [3.8, 4) is 6.07 Å². The van der Waals surface area contributed by atoms with Crippen LogP contribution in [0.5, 0.6) is 0 Å². The summed E-state index contributed by atoms with van der Waals surface area (Å²) in [6.45, 7) is 0. The van der Waals surface area contributed by atoms with Crippen molar-refractivity contribution in [3.63, 3.8) is 0 Å². The molecule has 0 fully saturated rings. The molecule has 2 aliphatic carbocycles. The molecular weight excluding hydrogens is 455 g/mol. The Balaban J connectivity index is 2.02. The lowest BCUT2D eigenvalue weighted by molar-refractivity contribution is 0.0905. The molecule has 1 N–H and O–H groups in total. The van der Waals surface area contributed by atoms with Gasteiger partial charge in [-0.25, -0.2) is 13.2 Å². The summed E-state index contributed by atoms with van der Waals surface area (Å²) in [5.74, 6) is -1.40. The quantitative estimate of drug-likeness (QED) is 0.663. The zero-order valence-electron chi connectivity index (χ0n) is 16.2. The molecule has 0 radical (unpaired) electrons. The van der Waals surface area contributed by atoms with Gasteiger partial charge in [-0.3, -0.25) is 4.18 Å². The van der Waals surface area contributed by atoms with Crippen LogP contribution in [-0.2, 0) is 20.7 Å². The van der Waals surface area contributed by atoms with E-state index in [4.69, 9.17) is 11.6 Å². The lowest BCUT2D eigenvalue weighted by Gasteiger charge is -2.31.